The van der Waals surface area contributed by atoms with Gasteiger partial charge in [0.1, 0.15) is 5.92 Å². The van der Waals surface area contributed by atoms with E-state index >= 15 is 0 Å². The van der Waals surface area contributed by atoms with Crippen molar-refractivity contribution in [1.29, 1.82) is 0 Å². The Morgan fingerprint density at radius 1 is 1.22 bits per heavy atom. The van der Waals surface area contributed by atoms with Crippen molar-refractivity contribution >= 4 is 23.2 Å². The van der Waals surface area contributed by atoms with Crippen LogP contribution >= 0.6 is 0 Å². The maximum Gasteiger partial charge on any atom is 0.235 e. The summed E-state index contributed by atoms with van der Waals surface area (Å²) in [5.74, 6) is -1.27. The van der Waals surface area contributed by atoms with Crippen molar-refractivity contribution in [1.82, 2.24) is 4.90 Å². The zero-order chi connectivity index (χ0) is 25.7. The van der Waals surface area contributed by atoms with Crippen LogP contribution in [-0.4, -0.2) is 63.4 Å². The molecule has 5 atom stereocenters. The Balaban J connectivity index is 1.29. The van der Waals surface area contributed by atoms with Crippen LogP contribution in [0.1, 0.15) is 54.1 Å². The highest BCUT2D eigenvalue weighted by Gasteiger charge is 2.75. The summed E-state index contributed by atoms with van der Waals surface area (Å²) in [5.41, 5.74) is 0.286. The third kappa shape index (κ3) is 3.06. The average molecular weight is 503 g/mol. The van der Waals surface area contributed by atoms with Gasteiger partial charge in [0.25, 0.3) is 0 Å². The van der Waals surface area contributed by atoms with Gasteiger partial charge in [-0.15, -0.1) is 0 Å². The average Bonchev–Trinajstić information content (AvgIpc) is 3.61. The second-order valence-corrected chi connectivity index (χ2v) is 11.5. The molecule has 1 saturated heterocycles. The molecule has 2 aromatic rings. The topological polar surface area (TPSA) is 116 Å². The summed E-state index contributed by atoms with van der Waals surface area (Å²) >= 11 is 0. The van der Waals surface area contributed by atoms with Crippen LogP contribution in [-0.2, 0) is 21.4 Å². The summed E-state index contributed by atoms with van der Waals surface area (Å²) in [4.78, 5) is 41.6. The van der Waals surface area contributed by atoms with Gasteiger partial charge in [0.15, 0.2) is 29.2 Å². The molecule has 2 aromatic carbocycles. The zero-order valence-electron chi connectivity index (χ0n) is 20.7. The first kappa shape index (κ1) is 22.9. The number of hydrogen-bond acceptors (Lipinski definition) is 7. The van der Waals surface area contributed by atoms with Gasteiger partial charge in [0.2, 0.25) is 5.91 Å². The van der Waals surface area contributed by atoms with Gasteiger partial charge in [0.05, 0.1) is 11.0 Å². The molecule has 1 spiro atoms. The number of carbonyl (C=O) groups excluding carboxylic acids is 3. The van der Waals surface area contributed by atoms with Gasteiger partial charge in [0, 0.05) is 29.4 Å². The summed E-state index contributed by atoms with van der Waals surface area (Å²) in [6.07, 6.45) is 2.43. The highest BCUT2D eigenvalue weighted by Crippen LogP contribution is 2.65. The number of phenolic OH excluding ortho intramolecular Hbond substituents is 1. The van der Waals surface area contributed by atoms with E-state index in [4.69, 9.17) is 4.74 Å². The molecule has 1 unspecified atom stereocenters. The number of Topliss-reactive ketones (excluding diaryl/α,β-unsaturated/α-hetero) is 2. The van der Waals surface area contributed by atoms with Crippen molar-refractivity contribution in [3.05, 3.63) is 53.1 Å². The Morgan fingerprint density at radius 3 is 2.78 bits per heavy atom. The van der Waals surface area contributed by atoms with E-state index in [1.54, 1.807) is 30.3 Å². The molecule has 2 saturated carbocycles. The van der Waals surface area contributed by atoms with Gasteiger partial charge in [-0.1, -0.05) is 18.2 Å². The number of ether oxygens (including phenoxy) is 1. The van der Waals surface area contributed by atoms with E-state index in [1.807, 2.05) is 6.07 Å². The van der Waals surface area contributed by atoms with Crippen molar-refractivity contribution in [2.24, 2.45) is 11.8 Å². The SMILES string of the molecule is CC(=O)c1cccc(NC(=O)C2C[C@@]3(O)[C@H]4Cc5ccc(O)c6c5[C@@]3(CCN4CC3CC3)[C@@H](O6)C2=O)c1. The van der Waals surface area contributed by atoms with Gasteiger partial charge in [-0.05, 0) is 75.3 Å². The monoisotopic (exact) mass is 502 g/mol. The smallest absolute Gasteiger partial charge is 0.235 e. The van der Waals surface area contributed by atoms with Gasteiger partial charge < -0.3 is 20.3 Å². The van der Waals surface area contributed by atoms with E-state index < -0.39 is 28.9 Å². The number of carbonyl (C=O) groups is 3. The second-order valence-electron chi connectivity index (χ2n) is 11.5. The number of anilines is 1. The normalized spacial score (nSPS) is 33.5. The lowest BCUT2D eigenvalue weighted by atomic mass is 9.47. The van der Waals surface area contributed by atoms with Gasteiger partial charge in [-0.25, -0.2) is 0 Å². The van der Waals surface area contributed by atoms with Crippen LogP contribution in [0.2, 0.25) is 0 Å². The number of phenols is 1. The fraction of sp³-hybridized carbons (Fsp3) is 0.483. The lowest BCUT2D eigenvalue weighted by Gasteiger charge is -2.63. The number of likely N-dealkylation sites (tertiary alicyclic amines) is 1. The first-order valence-corrected chi connectivity index (χ1v) is 13.2. The molecule has 3 fully saturated rings. The predicted octanol–water partition coefficient (Wildman–Crippen LogP) is 2.59. The van der Waals surface area contributed by atoms with Crippen molar-refractivity contribution in [2.75, 3.05) is 18.4 Å². The maximum absolute atomic E-state index is 13.9. The Labute approximate surface area is 214 Å². The van der Waals surface area contributed by atoms with Crippen molar-refractivity contribution < 1.29 is 29.3 Å². The standard InChI is InChI=1S/C29H30N2O6/c1-15(32)17-3-2-4-19(11-17)30-27(35)20-13-29(36)22-12-18-7-8-21(33)25-23(18)28(29,26(37-25)24(20)34)9-10-31(22)14-16-5-6-16/h2-4,7-8,11,16,20,22,26,33,36H,5-6,9-10,12-14H2,1H3,(H,30,35)/t20?,22-,26+,28+,29-/m1/s1. The first-order chi connectivity index (χ1) is 17.7. The molecule has 7 rings (SSSR count). The number of aromatic hydroxyl groups is 1. The van der Waals surface area contributed by atoms with Crippen molar-refractivity contribution in [2.45, 2.75) is 62.2 Å². The highest BCUT2D eigenvalue weighted by atomic mass is 16.5. The molecule has 2 heterocycles. The second kappa shape index (κ2) is 7.65. The summed E-state index contributed by atoms with van der Waals surface area (Å²) in [6, 6.07) is 9.85. The van der Waals surface area contributed by atoms with Crippen LogP contribution in [0.3, 0.4) is 0 Å². The molecule has 0 radical (unpaired) electrons. The van der Waals surface area contributed by atoms with Crippen molar-refractivity contribution in [3.63, 3.8) is 0 Å². The van der Waals surface area contributed by atoms with Crippen LogP contribution in [0.5, 0.6) is 11.5 Å². The molecule has 5 aliphatic rings. The summed E-state index contributed by atoms with van der Waals surface area (Å²) < 4.78 is 6.19. The molecule has 2 aliphatic heterocycles. The van der Waals surface area contributed by atoms with Crippen LogP contribution in [0.25, 0.3) is 0 Å². The Bertz CT molecular complexity index is 1370. The fourth-order valence-corrected chi connectivity index (χ4v) is 7.57. The van der Waals surface area contributed by atoms with E-state index in [-0.39, 0.29) is 35.5 Å². The van der Waals surface area contributed by atoms with Gasteiger partial charge >= 0.3 is 0 Å². The number of amides is 1. The minimum Gasteiger partial charge on any atom is -0.504 e. The van der Waals surface area contributed by atoms with Crippen LogP contribution in [0, 0.1) is 11.8 Å². The number of nitrogens with zero attached hydrogens (tertiary/aromatic N) is 1. The number of ketones is 2. The molecule has 192 valence electrons. The molecule has 37 heavy (non-hydrogen) atoms. The number of benzene rings is 2. The van der Waals surface area contributed by atoms with Crippen LogP contribution in [0.4, 0.5) is 5.69 Å². The lowest BCUT2D eigenvalue weighted by Crippen LogP contribution is -2.78. The molecule has 2 bridgehead atoms. The molecule has 8 heteroatoms. The van der Waals surface area contributed by atoms with Gasteiger partial charge in [-0.2, -0.15) is 0 Å². The molecular weight excluding hydrogens is 472 g/mol. The minimum absolute atomic E-state index is 0.00963. The fourth-order valence-electron chi connectivity index (χ4n) is 7.57. The van der Waals surface area contributed by atoms with Crippen LogP contribution < -0.4 is 10.1 Å². The molecule has 0 aromatic heterocycles. The summed E-state index contributed by atoms with van der Waals surface area (Å²) in [5, 5.41) is 26.1. The van der Waals surface area contributed by atoms with Gasteiger partial charge in [-0.3, -0.25) is 19.3 Å². The first-order valence-electron chi connectivity index (χ1n) is 13.2. The lowest BCUT2D eigenvalue weighted by molar-refractivity contribution is -0.197. The van der Waals surface area contributed by atoms with E-state index in [0.29, 0.717) is 30.0 Å². The van der Waals surface area contributed by atoms with Crippen LogP contribution in [0.15, 0.2) is 36.4 Å². The Hall–Kier alpha value is -3.23. The zero-order valence-corrected chi connectivity index (χ0v) is 20.7. The number of hydrogen-bond donors (Lipinski definition) is 3. The largest absolute Gasteiger partial charge is 0.504 e. The number of nitrogens with one attached hydrogen (secondary N) is 1. The number of aliphatic hydroxyl groups is 1. The third-order valence-electron chi connectivity index (χ3n) is 9.48. The molecule has 3 N–H and O–H groups in total. The summed E-state index contributed by atoms with van der Waals surface area (Å²) in [6.45, 7) is 3.09. The molecule has 3 aliphatic carbocycles. The molecular formula is C29H30N2O6. The Morgan fingerprint density at radius 2 is 2.03 bits per heavy atom. The van der Waals surface area contributed by atoms with E-state index in [2.05, 4.69) is 10.2 Å². The van der Waals surface area contributed by atoms with E-state index in [9.17, 15) is 24.6 Å². The van der Waals surface area contributed by atoms with E-state index in [1.165, 1.54) is 19.8 Å². The van der Waals surface area contributed by atoms with Crippen molar-refractivity contribution in [3.8, 4) is 11.5 Å². The predicted molar refractivity (Wildman–Crippen MR) is 134 cm³/mol. The number of piperidine rings is 1. The maximum atomic E-state index is 13.9. The highest BCUT2D eigenvalue weighted by molar-refractivity contribution is 6.11. The minimum atomic E-state index is -1.37. The molecule has 8 nitrogen and oxygen atoms in total. The Kier molecular flexibility index (Phi) is 4.74. The number of rotatable bonds is 5. The third-order valence-corrected chi connectivity index (χ3v) is 9.48. The quantitative estimate of drug-likeness (QED) is 0.425. The summed E-state index contributed by atoms with van der Waals surface area (Å²) in [7, 11) is 0. The molecule has 1 amide bonds. The van der Waals surface area contributed by atoms with E-state index in [0.717, 1.165) is 24.2 Å².